The second kappa shape index (κ2) is 8.84. The predicted molar refractivity (Wildman–Crippen MR) is 109 cm³/mol. The summed E-state index contributed by atoms with van der Waals surface area (Å²) in [5, 5.41) is 3.57. The van der Waals surface area contributed by atoms with Crippen molar-refractivity contribution < 1.29 is 14.4 Å². The molecule has 3 rings (SSSR count). The Morgan fingerprint density at radius 1 is 1.15 bits per heavy atom. The summed E-state index contributed by atoms with van der Waals surface area (Å²) in [6.07, 6.45) is 5.71. The average Bonchev–Trinajstić information content (AvgIpc) is 2.87. The number of halogens is 2. The highest BCUT2D eigenvalue weighted by atomic mass is 35.5. The van der Waals surface area contributed by atoms with E-state index in [1.807, 2.05) is 6.26 Å². The van der Waals surface area contributed by atoms with Gasteiger partial charge in [0.05, 0.1) is 11.8 Å². The number of hydrogen-bond acceptors (Lipinski definition) is 4. The molecule has 1 heterocycles. The molecule has 1 saturated carbocycles. The summed E-state index contributed by atoms with van der Waals surface area (Å²) in [6.45, 7) is 0. The number of nitrogens with zero attached hydrogens (tertiary/aromatic N) is 1. The van der Waals surface area contributed by atoms with Gasteiger partial charge in [0.15, 0.2) is 0 Å². The zero-order chi connectivity index (χ0) is 19.6. The first kappa shape index (κ1) is 20.5. The van der Waals surface area contributed by atoms with Gasteiger partial charge in [0.1, 0.15) is 6.04 Å². The Bertz CT molecular complexity index is 714. The van der Waals surface area contributed by atoms with E-state index < -0.39 is 6.04 Å². The third-order valence-corrected chi connectivity index (χ3v) is 6.30. The van der Waals surface area contributed by atoms with Crippen LogP contribution in [-0.4, -0.2) is 40.7 Å². The van der Waals surface area contributed by atoms with Crippen molar-refractivity contribution in [1.82, 2.24) is 4.90 Å². The number of thioether (sulfide) groups is 1. The molecule has 3 atom stereocenters. The minimum absolute atomic E-state index is 0.199. The van der Waals surface area contributed by atoms with Crippen LogP contribution in [0, 0.1) is 11.8 Å². The van der Waals surface area contributed by atoms with Crippen LogP contribution in [0.1, 0.15) is 32.1 Å². The number of hydrogen-bond donors (Lipinski definition) is 1. The van der Waals surface area contributed by atoms with E-state index in [1.165, 1.54) is 4.90 Å². The van der Waals surface area contributed by atoms with Crippen molar-refractivity contribution in [3.05, 3.63) is 28.2 Å². The van der Waals surface area contributed by atoms with Gasteiger partial charge in [-0.2, -0.15) is 11.8 Å². The number of carbonyl (C=O) groups is 3. The Labute approximate surface area is 173 Å². The number of amides is 3. The van der Waals surface area contributed by atoms with Crippen molar-refractivity contribution in [2.45, 2.75) is 38.1 Å². The first-order chi connectivity index (χ1) is 12.9. The maximum absolute atomic E-state index is 13.0. The molecule has 146 valence electrons. The Hall–Kier alpha value is -1.24. The standard InChI is InChI=1S/C19H22Cl2N2O3S/c1-27-7-6-16(17(24)22-13-9-11(20)8-12(21)10-13)23-18(25)14-4-2-3-5-15(14)19(23)26/h8-10,14-16H,2-7H2,1H3,(H,22,24). The Kier molecular flexibility index (Phi) is 6.71. The summed E-state index contributed by atoms with van der Waals surface area (Å²) in [5.41, 5.74) is 0.447. The van der Waals surface area contributed by atoms with Crippen LogP contribution in [0.25, 0.3) is 0 Å². The fraction of sp³-hybridized carbons (Fsp3) is 0.526. The van der Waals surface area contributed by atoms with Crippen LogP contribution in [0.2, 0.25) is 10.0 Å². The number of carbonyl (C=O) groups excluding carboxylic acids is 3. The van der Waals surface area contributed by atoms with E-state index in [0.717, 1.165) is 25.7 Å². The Morgan fingerprint density at radius 3 is 2.22 bits per heavy atom. The van der Waals surface area contributed by atoms with Gasteiger partial charge in [0, 0.05) is 15.7 Å². The number of benzene rings is 1. The van der Waals surface area contributed by atoms with E-state index >= 15 is 0 Å². The van der Waals surface area contributed by atoms with E-state index in [2.05, 4.69) is 5.32 Å². The predicted octanol–water partition coefficient (Wildman–Crippen LogP) is 4.23. The second-order valence-corrected chi connectivity index (χ2v) is 8.85. The SMILES string of the molecule is CSCCC(C(=O)Nc1cc(Cl)cc(Cl)c1)N1C(=O)C2CCCCC2C1=O. The number of likely N-dealkylation sites (tertiary alicyclic amines) is 1. The summed E-state index contributed by atoms with van der Waals surface area (Å²) in [7, 11) is 0. The van der Waals surface area contributed by atoms with Gasteiger partial charge in [-0.1, -0.05) is 36.0 Å². The highest BCUT2D eigenvalue weighted by molar-refractivity contribution is 7.98. The van der Waals surface area contributed by atoms with Crippen LogP contribution in [0.3, 0.4) is 0 Å². The van der Waals surface area contributed by atoms with Gasteiger partial charge in [0.25, 0.3) is 0 Å². The highest BCUT2D eigenvalue weighted by Crippen LogP contribution is 2.39. The van der Waals surface area contributed by atoms with Crippen molar-refractivity contribution in [3.63, 3.8) is 0 Å². The first-order valence-corrected chi connectivity index (χ1v) is 11.2. The summed E-state index contributed by atoms with van der Waals surface area (Å²) in [4.78, 5) is 40.0. The fourth-order valence-corrected chi connectivity index (χ4v) is 4.94. The molecule has 1 aromatic rings. The minimum Gasteiger partial charge on any atom is -0.324 e. The van der Waals surface area contributed by atoms with Crippen molar-refractivity contribution in [2.24, 2.45) is 11.8 Å². The van der Waals surface area contributed by atoms with Gasteiger partial charge in [-0.15, -0.1) is 0 Å². The van der Waals surface area contributed by atoms with Crippen LogP contribution < -0.4 is 5.32 Å². The van der Waals surface area contributed by atoms with Crippen LogP contribution >= 0.6 is 35.0 Å². The fourth-order valence-electron chi connectivity index (χ4n) is 3.95. The van der Waals surface area contributed by atoms with E-state index in [9.17, 15) is 14.4 Å². The van der Waals surface area contributed by atoms with Crippen LogP contribution in [-0.2, 0) is 14.4 Å². The molecule has 0 spiro atoms. The van der Waals surface area contributed by atoms with Gasteiger partial charge in [0.2, 0.25) is 17.7 Å². The zero-order valence-corrected chi connectivity index (χ0v) is 17.4. The van der Waals surface area contributed by atoms with Crippen molar-refractivity contribution in [3.8, 4) is 0 Å². The van der Waals surface area contributed by atoms with Crippen molar-refractivity contribution in [2.75, 3.05) is 17.3 Å². The summed E-state index contributed by atoms with van der Waals surface area (Å²) < 4.78 is 0. The monoisotopic (exact) mass is 428 g/mol. The third-order valence-electron chi connectivity index (χ3n) is 5.22. The van der Waals surface area contributed by atoms with E-state index in [4.69, 9.17) is 23.2 Å². The summed E-state index contributed by atoms with van der Waals surface area (Å²) in [5.74, 6) is -0.651. The molecular weight excluding hydrogens is 407 g/mol. The Balaban J connectivity index is 1.83. The molecule has 0 aromatic heterocycles. The van der Waals surface area contributed by atoms with Gasteiger partial charge >= 0.3 is 0 Å². The molecule has 3 unspecified atom stereocenters. The molecule has 8 heteroatoms. The molecule has 0 radical (unpaired) electrons. The first-order valence-electron chi connectivity index (χ1n) is 9.05. The molecule has 1 N–H and O–H groups in total. The molecule has 2 fully saturated rings. The van der Waals surface area contributed by atoms with Crippen molar-refractivity contribution >= 4 is 58.4 Å². The number of fused-ring (bicyclic) bond motifs is 1. The molecular formula is C19H22Cl2N2O3S. The number of rotatable bonds is 6. The molecule has 27 heavy (non-hydrogen) atoms. The smallest absolute Gasteiger partial charge is 0.247 e. The molecule has 1 aliphatic heterocycles. The number of nitrogens with one attached hydrogen (secondary N) is 1. The van der Waals surface area contributed by atoms with Gasteiger partial charge < -0.3 is 5.32 Å². The Morgan fingerprint density at radius 2 is 1.70 bits per heavy atom. The summed E-state index contributed by atoms with van der Waals surface area (Å²) in [6, 6.07) is 3.93. The molecule has 5 nitrogen and oxygen atoms in total. The second-order valence-electron chi connectivity index (χ2n) is 6.99. The lowest BCUT2D eigenvalue weighted by molar-refractivity contribution is -0.146. The van der Waals surface area contributed by atoms with Crippen LogP contribution in [0.15, 0.2) is 18.2 Å². The van der Waals surface area contributed by atoms with E-state index in [-0.39, 0.29) is 29.6 Å². The zero-order valence-electron chi connectivity index (χ0n) is 15.0. The minimum atomic E-state index is -0.819. The van der Waals surface area contributed by atoms with Gasteiger partial charge in [-0.05, 0) is 49.5 Å². The average molecular weight is 429 g/mol. The van der Waals surface area contributed by atoms with E-state index in [1.54, 1.807) is 30.0 Å². The quantitative estimate of drug-likeness (QED) is 0.688. The molecule has 0 bridgehead atoms. The van der Waals surface area contributed by atoms with Crippen LogP contribution in [0.5, 0.6) is 0 Å². The highest BCUT2D eigenvalue weighted by Gasteiger charge is 2.51. The molecule has 3 amide bonds. The molecule has 2 aliphatic rings. The number of anilines is 1. The van der Waals surface area contributed by atoms with Gasteiger partial charge in [-0.3, -0.25) is 19.3 Å². The lowest BCUT2D eigenvalue weighted by Crippen LogP contribution is -2.48. The largest absolute Gasteiger partial charge is 0.324 e. The molecule has 1 aliphatic carbocycles. The number of imide groups is 1. The normalized spacial score (nSPS) is 23.3. The molecule has 1 aromatic carbocycles. The topological polar surface area (TPSA) is 66.5 Å². The molecule has 1 saturated heterocycles. The van der Waals surface area contributed by atoms with Gasteiger partial charge in [-0.25, -0.2) is 0 Å². The maximum Gasteiger partial charge on any atom is 0.247 e. The lowest BCUT2D eigenvalue weighted by Gasteiger charge is -2.26. The third kappa shape index (κ3) is 4.44. The summed E-state index contributed by atoms with van der Waals surface area (Å²) >= 11 is 13.6. The lowest BCUT2D eigenvalue weighted by atomic mass is 9.81. The van der Waals surface area contributed by atoms with E-state index in [0.29, 0.717) is 27.9 Å². The van der Waals surface area contributed by atoms with Crippen molar-refractivity contribution in [1.29, 1.82) is 0 Å². The maximum atomic E-state index is 13.0. The van der Waals surface area contributed by atoms with Crippen LogP contribution in [0.4, 0.5) is 5.69 Å².